The first-order chi connectivity index (χ1) is 12.6. The van der Waals surface area contributed by atoms with Crippen LogP contribution in [0.5, 0.6) is 0 Å². The van der Waals surface area contributed by atoms with Gasteiger partial charge in [-0.05, 0) is 44.2 Å². The third-order valence-corrected chi connectivity index (χ3v) is 6.33. The number of hydrogen-bond acceptors (Lipinski definition) is 4. The van der Waals surface area contributed by atoms with Crippen LogP contribution in [0.15, 0.2) is 23.6 Å². The lowest BCUT2D eigenvalue weighted by molar-refractivity contribution is -0.138. The summed E-state index contributed by atoms with van der Waals surface area (Å²) in [7, 11) is 0. The molecule has 1 aliphatic carbocycles. The van der Waals surface area contributed by atoms with E-state index >= 15 is 0 Å². The van der Waals surface area contributed by atoms with Gasteiger partial charge in [-0.25, -0.2) is 4.98 Å². The Balaban J connectivity index is 1.67. The largest absolute Gasteiger partial charge is 0.416 e. The molecule has 27 heavy (non-hydrogen) atoms. The maximum atomic E-state index is 13.1. The smallest absolute Gasteiger partial charge is 0.343 e. The number of amides is 1. The van der Waals surface area contributed by atoms with E-state index in [0.29, 0.717) is 16.3 Å². The van der Waals surface area contributed by atoms with E-state index in [-0.39, 0.29) is 23.2 Å². The van der Waals surface area contributed by atoms with Crippen LogP contribution in [-0.2, 0) is 15.8 Å². The molecular weight excluding hydrogens is 377 g/mol. The first-order valence-corrected chi connectivity index (χ1v) is 9.49. The van der Waals surface area contributed by atoms with Crippen LogP contribution in [0.25, 0.3) is 11.3 Å². The minimum Gasteiger partial charge on any atom is -0.343 e. The molecule has 1 aromatic carbocycles. The Morgan fingerprint density at radius 1 is 1.26 bits per heavy atom. The molecule has 0 bridgehead atoms. The maximum Gasteiger partial charge on any atom is 0.416 e. The third-order valence-electron chi connectivity index (χ3n) is 5.42. The lowest BCUT2D eigenvalue weighted by atomic mass is 9.88. The number of ketones is 1. The molecule has 2 atom stereocenters. The second-order valence-electron chi connectivity index (χ2n) is 7.36. The van der Waals surface area contributed by atoms with Gasteiger partial charge in [0, 0.05) is 10.9 Å². The lowest BCUT2D eigenvalue weighted by Gasteiger charge is -2.21. The number of carbonyl (C=O) groups excluding carboxylic acids is 2. The van der Waals surface area contributed by atoms with E-state index in [2.05, 4.69) is 10.3 Å². The first kappa shape index (κ1) is 18.2. The topological polar surface area (TPSA) is 59.1 Å². The molecule has 2 aliphatic rings. The monoisotopic (exact) mass is 394 g/mol. The Bertz CT molecular complexity index is 949. The van der Waals surface area contributed by atoms with Crippen molar-refractivity contribution in [3.63, 3.8) is 0 Å². The van der Waals surface area contributed by atoms with E-state index in [9.17, 15) is 22.8 Å². The molecule has 1 saturated heterocycles. The zero-order valence-electron chi connectivity index (χ0n) is 14.7. The van der Waals surface area contributed by atoms with Gasteiger partial charge in [-0.2, -0.15) is 13.2 Å². The highest BCUT2D eigenvalue weighted by atomic mass is 32.1. The van der Waals surface area contributed by atoms with Crippen LogP contribution in [0.1, 0.15) is 41.8 Å². The Morgan fingerprint density at radius 2 is 1.96 bits per heavy atom. The van der Waals surface area contributed by atoms with Gasteiger partial charge in [0.05, 0.1) is 16.8 Å². The average Bonchev–Trinajstić information content (AvgIpc) is 3.29. The third kappa shape index (κ3) is 2.96. The highest BCUT2D eigenvalue weighted by Crippen LogP contribution is 2.46. The molecule has 2 heterocycles. The fourth-order valence-corrected chi connectivity index (χ4v) is 4.56. The number of nitrogens with one attached hydrogen (secondary N) is 1. The summed E-state index contributed by atoms with van der Waals surface area (Å²) in [6.07, 6.45) is -2.64. The van der Waals surface area contributed by atoms with Crippen LogP contribution in [0, 0.1) is 12.8 Å². The van der Waals surface area contributed by atoms with E-state index < -0.39 is 23.2 Å². The second kappa shape index (κ2) is 5.89. The molecular formula is C19H17F3N2O2S. The Hall–Kier alpha value is -2.22. The number of rotatable bonds is 3. The number of aromatic nitrogens is 1. The quantitative estimate of drug-likeness (QED) is 0.798. The summed E-state index contributed by atoms with van der Waals surface area (Å²) in [6, 6.07) is 4.02. The normalized spacial score (nSPS) is 25.7. The second-order valence-corrected chi connectivity index (χ2v) is 8.25. The number of thiazole rings is 1. The van der Waals surface area contributed by atoms with Gasteiger partial charge in [0.25, 0.3) is 0 Å². The molecule has 1 amide bonds. The van der Waals surface area contributed by atoms with E-state index in [1.807, 2.05) is 0 Å². The minimum atomic E-state index is -4.45. The summed E-state index contributed by atoms with van der Waals surface area (Å²) < 4.78 is 39.4. The molecule has 8 heteroatoms. The number of benzene rings is 1. The van der Waals surface area contributed by atoms with Crippen molar-refractivity contribution in [2.24, 2.45) is 5.92 Å². The summed E-state index contributed by atoms with van der Waals surface area (Å²) in [6.45, 7) is 3.15. The summed E-state index contributed by atoms with van der Waals surface area (Å²) in [5.41, 5.74) is -0.800. The fourth-order valence-electron chi connectivity index (χ4n) is 3.64. The molecule has 1 N–H and O–H groups in total. The summed E-state index contributed by atoms with van der Waals surface area (Å²) in [5.74, 6) is -1.40. The van der Waals surface area contributed by atoms with Gasteiger partial charge in [0.15, 0.2) is 11.7 Å². The van der Waals surface area contributed by atoms with Crippen LogP contribution in [0.4, 0.5) is 13.2 Å². The highest BCUT2D eigenvalue weighted by Gasteiger charge is 2.57. The average molecular weight is 394 g/mol. The predicted octanol–water partition coefficient (Wildman–Crippen LogP) is 4.09. The lowest BCUT2D eigenvalue weighted by Crippen LogP contribution is -2.45. The Labute approximate surface area is 157 Å². The summed E-state index contributed by atoms with van der Waals surface area (Å²) in [5, 5.41) is 4.72. The van der Waals surface area contributed by atoms with E-state index in [1.54, 1.807) is 18.4 Å². The van der Waals surface area contributed by atoms with E-state index in [4.69, 9.17) is 0 Å². The van der Waals surface area contributed by atoms with Crippen LogP contribution in [0.3, 0.4) is 0 Å². The van der Waals surface area contributed by atoms with Gasteiger partial charge >= 0.3 is 6.18 Å². The molecule has 0 spiro atoms. The van der Waals surface area contributed by atoms with Crippen LogP contribution in [-0.4, -0.2) is 22.2 Å². The van der Waals surface area contributed by atoms with Crippen molar-refractivity contribution in [1.29, 1.82) is 0 Å². The SMILES string of the molecule is Cc1ccc(-c2csc(C3C(=O)NC(C)(C4CC4)C3=O)n2)cc1C(F)(F)F. The molecule has 142 valence electrons. The summed E-state index contributed by atoms with van der Waals surface area (Å²) >= 11 is 1.13. The van der Waals surface area contributed by atoms with Crippen molar-refractivity contribution < 1.29 is 22.8 Å². The van der Waals surface area contributed by atoms with Gasteiger partial charge < -0.3 is 5.32 Å². The van der Waals surface area contributed by atoms with Crippen molar-refractivity contribution in [2.75, 3.05) is 0 Å². The van der Waals surface area contributed by atoms with Crippen LogP contribution < -0.4 is 5.32 Å². The minimum absolute atomic E-state index is 0.132. The van der Waals surface area contributed by atoms with E-state index in [0.717, 1.165) is 30.2 Å². The predicted molar refractivity (Wildman–Crippen MR) is 94.3 cm³/mol. The van der Waals surface area contributed by atoms with Crippen molar-refractivity contribution >= 4 is 23.0 Å². The molecule has 2 unspecified atom stereocenters. The number of alkyl halides is 3. The van der Waals surface area contributed by atoms with Gasteiger partial charge in [0.1, 0.15) is 5.01 Å². The van der Waals surface area contributed by atoms with Crippen molar-refractivity contribution in [3.05, 3.63) is 39.7 Å². The van der Waals surface area contributed by atoms with Gasteiger partial charge in [0.2, 0.25) is 5.91 Å². The van der Waals surface area contributed by atoms with Gasteiger partial charge in [-0.15, -0.1) is 11.3 Å². The van der Waals surface area contributed by atoms with Crippen molar-refractivity contribution in [2.45, 2.75) is 44.3 Å². The number of nitrogens with zero attached hydrogens (tertiary/aromatic N) is 1. The molecule has 1 aromatic heterocycles. The molecule has 1 aliphatic heterocycles. The molecule has 2 fully saturated rings. The first-order valence-electron chi connectivity index (χ1n) is 8.61. The number of halogens is 3. The number of aryl methyl sites for hydroxylation is 1. The van der Waals surface area contributed by atoms with Gasteiger partial charge in [-0.1, -0.05) is 12.1 Å². The van der Waals surface area contributed by atoms with Gasteiger partial charge in [-0.3, -0.25) is 9.59 Å². The summed E-state index contributed by atoms with van der Waals surface area (Å²) in [4.78, 5) is 29.6. The standard InChI is InChI=1S/C19H17F3N2O2S/c1-9-3-4-10(7-12(9)19(20,21)22)13-8-27-17(23-13)14-15(25)18(2,11-5-6-11)24-16(14)26/h3-4,7-8,11,14H,5-6H2,1-2H3,(H,24,26). The van der Waals surface area contributed by atoms with Crippen molar-refractivity contribution in [3.8, 4) is 11.3 Å². The fraction of sp³-hybridized carbons (Fsp3) is 0.421. The van der Waals surface area contributed by atoms with Crippen molar-refractivity contribution in [1.82, 2.24) is 10.3 Å². The zero-order valence-corrected chi connectivity index (χ0v) is 15.5. The van der Waals surface area contributed by atoms with Crippen LogP contribution in [0.2, 0.25) is 0 Å². The molecule has 2 aromatic rings. The zero-order chi connectivity index (χ0) is 19.6. The highest BCUT2D eigenvalue weighted by molar-refractivity contribution is 7.10. The van der Waals surface area contributed by atoms with E-state index in [1.165, 1.54) is 13.0 Å². The Morgan fingerprint density at radius 3 is 2.59 bits per heavy atom. The maximum absolute atomic E-state index is 13.1. The Kier molecular flexibility index (Phi) is 3.96. The number of hydrogen-bond donors (Lipinski definition) is 1. The molecule has 4 nitrogen and oxygen atoms in total. The molecule has 1 saturated carbocycles. The number of carbonyl (C=O) groups is 2. The number of Topliss-reactive ketones (excluding diaryl/α,β-unsaturated/α-hetero) is 1. The molecule has 4 rings (SSSR count). The molecule has 0 radical (unpaired) electrons. The van der Waals surface area contributed by atoms with Crippen LogP contribution >= 0.6 is 11.3 Å².